The van der Waals surface area contributed by atoms with Gasteiger partial charge >= 0.3 is 0 Å². The average Bonchev–Trinajstić information content (AvgIpc) is 1.84. The summed E-state index contributed by atoms with van der Waals surface area (Å²) >= 11 is 0. The fourth-order valence-electron chi connectivity index (χ4n) is 11.3. The first kappa shape index (κ1) is 60.6. The maximum Gasteiger partial charge on any atom is 0.115 e. The van der Waals surface area contributed by atoms with E-state index in [2.05, 4.69) is 0 Å². The molecule has 0 fully saturated rings. The summed E-state index contributed by atoms with van der Waals surface area (Å²) in [6.45, 7) is 0. The van der Waals surface area contributed by atoms with Gasteiger partial charge in [-0.25, -0.2) is 0 Å². The monoisotopic (exact) mass is 956 g/mol. The van der Waals surface area contributed by atoms with Gasteiger partial charge in [-0.3, -0.25) is 0 Å². The van der Waals surface area contributed by atoms with Gasteiger partial charge in [-0.15, -0.1) is 54.6 Å². The first-order valence-corrected chi connectivity index (χ1v) is 23.8. The van der Waals surface area contributed by atoms with Gasteiger partial charge in [0.2, 0.25) is 0 Å². The minimum Gasteiger partial charge on any atom is -0.312 e. The SMILES string of the molecule is [B]c1c([B])c([B])c(-c2c([B])c([B])c(-n3c4c([B])c([B])c([B])c([B])c4c4c([B])c(-c5c([B])c([B])c6c(c5[B])c5c([B])c([B])c([B])c([B])c5n6-c5c([B])c([B])c(-c6c([B])c([B])c([B])c([B])c6[B])c([B])c5[B])c([B])c([B])c43)c([B])c2[B])c([B])c1[B]. The number of fused-ring (bicyclic) bond motifs is 6. The van der Waals surface area contributed by atoms with Crippen molar-refractivity contribution < 1.29 is 0 Å². The maximum absolute atomic E-state index is 7.39. The van der Waals surface area contributed by atoms with Crippen LogP contribution < -0.4 is 175 Å². The molecule has 10 aromatic rings. The van der Waals surface area contributed by atoms with Gasteiger partial charge < -0.3 is 9.13 Å². The Hall–Kier alpha value is -4.56. The summed E-state index contributed by atoms with van der Waals surface area (Å²) in [5.41, 5.74) is -6.69. The van der Waals surface area contributed by atoms with Crippen LogP contribution in [0.5, 0.6) is 0 Å². The molecule has 298 valence electrons. The van der Waals surface area contributed by atoms with Gasteiger partial charge in [0.15, 0.2) is 0 Å². The molecular formula is C48B32N2. The molecule has 0 aliphatic heterocycles. The predicted molar refractivity (Wildman–Crippen MR) is 384 cm³/mol. The van der Waals surface area contributed by atoms with Crippen LogP contribution in [0.2, 0.25) is 0 Å². The molecule has 0 saturated carbocycles. The summed E-state index contributed by atoms with van der Waals surface area (Å²) in [4.78, 5) is 0. The molecule has 2 aromatic heterocycles. The van der Waals surface area contributed by atoms with E-state index in [0.717, 1.165) is 0 Å². The van der Waals surface area contributed by atoms with Crippen LogP contribution in [-0.2, 0) is 0 Å². The van der Waals surface area contributed by atoms with Crippen LogP contribution in [0.3, 0.4) is 0 Å². The van der Waals surface area contributed by atoms with Gasteiger partial charge in [-0.2, -0.15) is 0 Å². The fraction of sp³-hybridized carbons (Fsp3) is 0. The van der Waals surface area contributed by atoms with E-state index in [0.29, 0.717) is 0 Å². The Morgan fingerprint density at radius 3 is 0.488 bits per heavy atom. The molecule has 0 amide bonds. The molecule has 0 spiro atoms. The quantitative estimate of drug-likeness (QED) is 0.152. The molecular weight excluding hydrogens is 951 g/mol. The highest BCUT2D eigenvalue weighted by Crippen LogP contribution is 2.31. The van der Waals surface area contributed by atoms with Crippen LogP contribution in [0, 0.1) is 0 Å². The summed E-state index contributed by atoms with van der Waals surface area (Å²) in [6, 6.07) is 0. The molecule has 64 radical (unpaired) electrons. The van der Waals surface area contributed by atoms with Crippen molar-refractivity contribution in [1.82, 2.24) is 9.13 Å². The molecule has 0 bridgehead atoms. The first-order chi connectivity index (χ1) is 38.1. The van der Waals surface area contributed by atoms with E-state index in [1.807, 2.05) is 0 Å². The highest BCUT2D eigenvalue weighted by Gasteiger charge is 2.32. The molecule has 34 heteroatoms. The summed E-state index contributed by atoms with van der Waals surface area (Å²) in [5.74, 6) is 0. The number of aromatic nitrogens is 2. The second kappa shape index (κ2) is 20.6. The molecule has 10 rings (SSSR count). The summed E-state index contributed by atoms with van der Waals surface area (Å²) in [5, 5.41) is 0.104. The van der Waals surface area contributed by atoms with E-state index < -0.39 is 0 Å². The van der Waals surface area contributed by atoms with Crippen molar-refractivity contribution >= 4 is 470 Å². The smallest absolute Gasteiger partial charge is 0.115 e. The van der Waals surface area contributed by atoms with Gasteiger partial charge in [0, 0.05) is 44.2 Å². The zero-order chi connectivity index (χ0) is 60.9. The molecule has 2 heterocycles. The van der Waals surface area contributed by atoms with Crippen molar-refractivity contribution in [1.29, 1.82) is 0 Å². The maximum atomic E-state index is 7.39. The van der Waals surface area contributed by atoms with Crippen molar-refractivity contribution in [3.8, 4) is 44.8 Å². The molecule has 0 unspecified atom stereocenters. The third kappa shape index (κ3) is 7.80. The zero-order valence-corrected chi connectivity index (χ0v) is 43.4. The lowest BCUT2D eigenvalue weighted by molar-refractivity contribution is 1.22. The molecule has 0 aliphatic rings. The third-order valence-corrected chi connectivity index (χ3v) is 15.7. The van der Waals surface area contributed by atoms with E-state index in [9.17, 15) is 0 Å². The minimum absolute atomic E-state index is 0.0113. The van der Waals surface area contributed by atoms with Crippen LogP contribution in [0.25, 0.3) is 88.4 Å². The molecule has 0 N–H and O–H groups in total. The Morgan fingerprint density at radius 2 is 0.256 bits per heavy atom. The summed E-state index contributed by atoms with van der Waals surface area (Å²) in [7, 11) is 216. The van der Waals surface area contributed by atoms with Crippen molar-refractivity contribution in [2.24, 2.45) is 0 Å². The van der Waals surface area contributed by atoms with E-state index in [1.54, 1.807) is 0 Å². The third-order valence-electron chi connectivity index (χ3n) is 15.7. The standard InChI is InChI=1S/C48B32N2/c49-11-1(17(55)35(73)43-7(11)9-23(61)29(67)33(71)41(79)45(9)81(43)47-37(75)19(57)5(20(58)38(47)76)3-13(51)25(63)31(69)26(64)14(3)52)2-12(50)8-10-24(62)30(68)34(72)42(80)46(10)82(44(8)36(74)18(2)56)48-39(77)21(59)6(22(60)40(48)78)4-15(53)27(65)32(70)28(66)16(4)54. The Balaban J connectivity index is 1.36. The number of hydrogen-bond acceptors (Lipinski definition) is 0. The van der Waals surface area contributed by atoms with E-state index in [4.69, 9.17) is 251 Å². The Labute approximate surface area is 519 Å². The van der Waals surface area contributed by atoms with Gasteiger partial charge in [-0.05, 0) is 44.2 Å². The van der Waals surface area contributed by atoms with Crippen molar-refractivity contribution in [2.75, 3.05) is 0 Å². The van der Waals surface area contributed by atoms with Crippen molar-refractivity contribution in [3.05, 3.63) is 0 Å². The minimum atomic E-state index is -0.278. The van der Waals surface area contributed by atoms with Gasteiger partial charge in [0.25, 0.3) is 0 Å². The van der Waals surface area contributed by atoms with Gasteiger partial charge in [-0.1, -0.05) is 120 Å². The summed E-state index contributed by atoms with van der Waals surface area (Å²) in [6.07, 6.45) is 0. The average molecular weight is 951 g/mol. The molecule has 0 saturated heterocycles. The second-order valence-corrected chi connectivity index (χ2v) is 19.8. The highest BCUT2D eigenvalue weighted by atomic mass is 15.0. The predicted octanol–water partition coefficient (Wildman–Crippen LogP) is -25.7. The fourth-order valence-corrected chi connectivity index (χ4v) is 11.3. The van der Waals surface area contributed by atoms with Crippen molar-refractivity contribution in [3.63, 3.8) is 0 Å². The van der Waals surface area contributed by atoms with E-state index >= 15 is 0 Å². The summed E-state index contributed by atoms with van der Waals surface area (Å²) < 4.78 is 2.73. The number of benzene rings is 8. The Morgan fingerprint density at radius 1 is 0.122 bits per heavy atom. The number of nitrogens with zero attached hydrogens (tertiary/aromatic N) is 2. The molecule has 82 heavy (non-hydrogen) atoms. The molecule has 2 nitrogen and oxygen atoms in total. The van der Waals surface area contributed by atoms with Crippen LogP contribution in [0.15, 0.2) is 0 Å². The number of hydrogen-bond donors (Lipinski definition) is 0. The van der Waals surface area contributed by atoms with E-state index in [-0.39, 0.29) is 263 Å². The highest BCUT2D eigenvalue weighted by molar-refractivity contribution is 6.77. The van der Waals surface area contributed by atoms with Crippen LogP contribution >= 0.6 is 0 Å². The van der Waals surface area contributed by atoms with Crippen molar-refractivity contribution in [2.45, 2.75) is 0 Å². The molecule has 8 aromatic carbocycles. The topological polar surface area (TPSA) is 9.86 Å². The molecule has 0 atom stereocenters. The van der Waals surface area contributed by atoms with E-state index in [1.165, 1.54) is 9.13 Å². The van der Waals surface area contributed by atoms with Crippen LogP contribution in [0.1, 0.15) is 0 Å². The normalized spacial score (nSPS) is 11.8. The van der Waals surface area contributed by atoms with Gasteiger partial charge in [0.1, 0.15) is 251 Å². The number of rotatable bonds is 5. The van der Waals surface area contributed by atoms with Crippen LogP contribution in [-0.4, -0.2) is 260 Å². The molecule has 0 aliphatic carbocycles. The first-order valence-electron chi connectivity index (χ1n) is 23.8. The lowest BCUT2D eigenvalue weighted by Gasteiger charge is -2.30. The lowest BCUT2D eigenvalue weighted by atomic mass is 9.56. The zero-order valence-electron chi connectivity index (χ0n) is 43.4. The Bertz CT molecular complexity index is 4300. The lowest BCUT2D eigenvalue weighted by Crippen LogP contribution is -2.57. The second-order valence-electron chi connectivity index (χ2n) is 19.8. The van der Waals surface area contributed by atoms with Gasteiger partial charge in [0.05, 0.1) is 0 Å². The van der Waals surface area contributed by atoms with Crippen LogP contribution in [0.4, 0.5) is 0 Å². The largest absolute Gasteiger partial charge is 0.312 e. The Kier molecular flexibility index (Phi) is 15.2.